The maximum atomic E-state index is 11.2. The Morgan fingerprint density at radius 2 is 2.27 bits per heavy atom. The molecule has 0 aromatic carbocycles. The van der Waals surface area contributed by atoms with Crippen molar-refractivity contribution in [1.82, 2.24) is 0 Å². The summed E-state index contributed by atoms with van der Waals surface area (Å²) in [7, 11) is 0. The summed E-state index contributed by atoms with van der Waals surface area (Å²) in [6.07, 6.45) is 1.51. The summed E-state index contributed by atoms with van der Waals surface area (Å²) in [5, 5.41) is 0. The van der Waals surface area contributed by atoms with Crippen molar-refractivity contribution in [3.63, 3.8) is 0 Å². The van der Waals surface area contributed by atoms with Gasteiger partial charge in [0.15, 0.2) is 5.76 Å². The van der Waals surface area contributed by atoms with Crippen molar-refractivity contribution in [3.8, 4) is 0 Å². The Balaban J connectivity index is 2.85. The minimum Gasteiger partial charge on any atom is -0.460 e. The molecule has 0 fully saturated rings. The summed E-state index contributed by atoms with van der Waals surface area (Å²) >= 11 is 3.20. The van der Waals surface area contributed by atoms with Gasteiger partial charge in [0, 0.05) is 12.0 Å². The molecule has 0 aliphatic rings. The van der Waals surface area contributed by atoms with E-state index in [4.69, 9.17) is 4.42 Å². The van der Waals surface area contributed by atoms with E-state index in [1.165, 1.54) is 6.26 Å². The van der Waals surface area contributed by atoms with Crippen LogP contribution in [0.1, 0.15) is 24.4 Å². The van der Waals surface area contributed by atoms with Gasteiger partial charge in [-0.2, -0.15) is 0 Å². The lowest BCUT2D eigenvalue weighted by Crippen LogP contribution is -2.05. The van der Waals surface area contributed by atoms with Crippen LogP contribution in [0, 0.1) is 5.92 Å². The van der Waals surface area contributed by atoms with E-state index in [1.54, 1.807) is 6.07 Å². The van der Waals surface area contributed by atoms with E-state index in [0.717, 1.165) is 4.47 Å². The minimum absolute atomic E-state index is 0.00644. The lowest BCUT2D eigenvalue weighted by molar-refractivity contribution is 0.0911. The van der Waals surface area contributed by atoms with Crippen LogP contribution in [0.3, 0.4) is 0 Å². The number of hydrogen-bond donors (Lipinski definition) is 0. The molecule has 0 aliphatic heterocycles. The second-order valence-electron chi connectivity index (χ2n) is 2.65. The Morgan fingerprint density at radius 3 is 2.64 bits per heavy atom. The van der Waals surface area contributed by atoms with Crippen molar-refractivity contribution in [3.05, 3.63) is 22.6 Å². The van der Waals surface area contributed by atoms with Gasteiger partial charge in [-0.25, -0.2) is 0 Å². The van der Waals surface area contributed by atoms with Crippen molar-refractivity contribution in [2.45, 2.75) is 13.8 Å². The highest BCUT2D eigenvalue weighted by molar-refractivity contribution is 9.10. The molecule has 0 N–H and O–H groups in total. The Hall–Kier alpha value is -0.570. The molecule has 0 aliphatic carbocycles. The summed E-state index contributed by atoms with van der Waals surface area (Å²) in [6.45, 7) is 3.69. The zero-order valence-electron chi connectivity index (χ0n) is 6.43. The molecule has 0 bridgehead atoms. The monoisotopic (exact) mass is 216 g/mol. The van der Waals surface area contributed by atoms with Crippen LogP contribution in [0.5, 0.6) is 0 Å². The average Bonchev–Trinajstić information content (AvgIpc) is 2.34. The van der Waals surface area contributed by atoms with E-state index < -0.39 is 0 Å². The van der Waals surface area contributed by atoms with Gasteiger partial charge in [-0.05, 0) is 15.9 Å². The van der Waals surface area contributed by atoms with Gasteiger partial charge >= 0.3 is 0 Å². The van der Waals surface area contributed by atoms with Gasteiger partial charge in [0.1, 0.15) is 6.26 Å². The predicted molar refractivity (Wildman–Crippen MR) is 45.6 cm³/mol. The highest BCUT2D eigenvalue weighted by Crippen LogP contribution is 2.16. The Morgan fingerprint density at radius 1 is 1.64 bits per heavy atom. The fraction of sp³-hybridized carbons (Fsp3) is 0.375. The molecule has 11 heavy (non-hydrogen) atoms. The molecule has 3 heteroatoms. The first kappa shape index (κ1) is 8.53. The Bertz CT molecular complexity index is 263. The highest BCUT2D eigenvalue weighted by atomic mass is 79.9. The van der Waals surface area contributed by atoms with Crippen molar-refractivity contribution in [2.75, 3.05) is 0 Å². The topological polar surface area (TPSA) is 30.2 Å². The van der Waals surface area contributed by atoms with Gasteiger partial charge in [-0.3, -0.25) is 4.79 Å². The van der Waals surface area contributed by atoms with Crippen LogP contribution >= 0.6 is 15.9 Å². The third-order valence-electron chi connectivity index (χ3n) is 1.33. The molecule has 0 unspecified atom stereocenters. The van der Waals surface area contributed by atoms with Crippen LogP contribution < -0.4 is 0 Å². The smallest absolute Gasteiger partial charge is 0.200 e. The maximum absolute atomic E-state index is 11.2. The number of carbonyl (C=O) groups is 1. The Labute approximate surface area is 73.7 Å². The van der Waals surface area contributed by atoms with Crippen molar-refractivity contribution >= 4 is 21.7 Å². The van der Waals surface area contributed by atoms with Crippen LogP contribution in [0.25, 0.3) is 0 Å². The largest absolute Gasteiger partial charge is 0.460 e. The lowest BCUT2D eigenvalue weighted by atomic mass is 10.1. The summed E-state index contributed by atoms with van der Waals surface area (Å²) in [6, 6.07) is 1.68. The van der Waals surface area contributed by atoms with Gasteiger partial charge in [0.2, 0.25) is 5.78 Å². The predicted octanol–water partition coefficient (Wildman–Crippen LogP) is 2.88. The standard InChI is InChI=1S/C8H9BrO2/c1-5(2)8(10)7-3-6(9)4-11-7/h3-5H,1-2H3. The molecule has 1 aromatic rings. The third kappa shape index (κ3) is 1.93. The molecule has 1 rings (SSSR count). The number of hydrogen-bond acceptors (Lipinski definition) is 2. The molecule has 0 atom stereocenters. The third-order valence-corrected chi connectivity index (χ3v) is 1.75. The van der Waals surface area contributed by atoms with Crippen LogP contribution in [0.15, 0.2) is 21.2 Å². The molecular weight excluding hydrogens is 208 g/mol. The molecule has 0 spiro atoms. The molecule has 0 saturated heterocycles. The average molecular weight is 217 g/mol. The number of halogens is 1. The molecule has 1 aromatic heterocycles. The zero-order chi connectivity index (χ0) is 8.43. The summed E-state index contributed by atoms with van der Waals surface area (Å²) < 4.78 is 5.80. The maximum Gasteiger partial charge on any atom is 0.200 e. The summed E-state index contributed by atoms with van der Waals surface area (Å²) in [4.78, 5) is 11.2. The first-order valence-corrected chi connectivity index (χ1v) is 4.19. The highest BCUT2D eigenvalue weighted by Gasteiger charge is 2.13. The van der Waals surface area contributed by atoms with Crippen molar-refractivity contribution < 1.29 is 9.21 Å². The number of Topliss-reactive ketones (excluding diaryl/α,β-unsaturated/α-hetero) is 1. The fourth-order valence-electron chi connectivity index (χ4n) is 0.727. The van der Waals surface area contributed by atoms with Crippen LogP contribution in [-0.2, 0) is 0 Å². The first-order chi connectivity index (χ1) is 5.11. The van der Waals surface area contributed by atoms with Gasteiger partial charge in [-0.1, -0.05) is 13.8 Å². The number of ketones is 1. The van der Waals surface area contributed by atoms with E-state index in [1.807, 2.05) is 13.8 Å². The molecule has 0 radical (unpaired) electrons. The van der Waals surface area contributed by atoms with Gasteiger partial charge in [0.05, 0.1) is 4.47 Å². The molecular formula is C8H9BrO2. The van der Waals surface area contributed by atoms with Gasteiger partial charge in [0.25, 0.3) is 0 Å². The van der Waals surface area contributed by atoms with E-state index >= 15 is 0 Å². The first-order valence-electron chi connectivity index (χ1n) is 3.39. The summed E-state index contributed by atoms with van der Waals surface area (Å²) in [5.41, 5.74) is 0. The number of carbonyl (C=O) groups excluding carboxylic acids is 1. The number of rotatable bonds is 2. The minimum atomic E-state index is -0.00644. The van der Waals surface area contributed by atoms with E-state index in [2.05, 4.69) is 15.9 Å². The lowest BCUT2D eigenvalue weighted by Gasteiger charge is -1.97. The zero-order valence-corrected chi connectivity index (χ0v) is 8.01. The summed E-state index contributed by atoms with van der Waals surface area (Å²) in [5.74, 6) is 0.454. The van der Waals surface area contributed by atoms with E-state index in [0.29, 0.717) is 5.76 Å². The fourth-order valence-corrected chi connectivity index (χ4v) is 1.03. The second-order valence-corrected chi connectivity index (χ2v) is 3.56. The van der Waals surface area contributed by atoms with Crippen molar-refractivity contribution in [1.29, 1.82) is 0 Å². The van der Waals surface area contributed by atoms with Crippen LogP contribution in [0.2, 0.25) is 0 Å². The SMILES string of the molecule is CC(C)C(=O)c1cc(Br)co1. The molecule has 2 nitrogen and oxygen atoms in total. The van der Waals surface area contributed by atoms with Crippen LogP contribution in [-0.4, -0.2) is 5.78 Å². The normalized spacial score (nSPS) is 10.5. The molecule has 1 heterocycles. The van der Waals surface area contributed by atoms with Gasteiger partial charge in [-0.15, -0.1) is 0 Å². The van der Waals surface area contributed by atoms with Crippen molar-refractivity contribution in [2.24, 2.45) is 5.92 Å². The van der Waals surface area contributed by atoms with Gasteiger partial charge < -0.3 is 4.42 Å². The van der Waals surface area contributed by atoms with E-state index in [-0.39, 0.29) is 11.7 Å². The van der Waals surface area contributed by atoms with E-state index in [9.17, 15) is 4.79 Å². The second kappa shape index (κ2) is 3.22. The quantitative estimate of drug-likeness (QED) is 0.713. The number of furan rings is 1. The molecule has 0 amide bonds. The molecule has 0 saturated carbocycles. The molecule has 60 valence electrons. The Kier molecular flexibility index (Phi) is 2.49. The van der Waals surface area contributed by atoms with Crippen LogP contribution in [0.4, 0.5) is 0 Å².